The third-order valence-electron chi connectivity index (χ3n) is 17.1. The van der Waals surface area contributed by atoms with Crippen LogP contribution >= 0.6 is 0 Å². The first-order valence-electron chi connectivity index (χ1n) is 37.5. The van der Waals surface area contributed by atoms with Gasteiger partial charge in [0.1, 0.15) is 13.2 Å². The van der Waals surface area contributed by atoms with Gasteiger partial charge in [-0.15, -0.1) is 0 Å². The molecule has 0 aliphatic carbocycles. The molecule has 0 aromatic rings. The highest BCUT2D eigenvalue weighted by Gasteiger charge is 2.20. The Morgan fingerprint density at radius 2 is 0.434 bits per heavy atom. The van der Waals surface area contributed by atoms with Crippen LogP contribution in [0.5, 0.6) is 0 Å². The van der Waals surface area contributed by atoms with Gasteiger partial charge in [-0.1, -0.05) is 359 Å². The maximum absolute atomic E-state index is 13.0. The van der Waals surface area contributed by atoms with E-state index in [4.69, 9.17) is 14.2 Å². The van der Waals surface area contributed by atoms with Gasteiger partial charge in [0.15, 0.2) is 6.10 Å². The molecule has 0 saturated heterocycles. The molecule has 0 saturated carbocycles. The highest BCUT2D eigenvalue weighted by atomic mass is 16.6. The Kier molecular flexibility index (Phi) is 70.0. The van der Waals surface area contributed by atoms with Crippen molar-refractivity contribution in [3.8, 4) is 0 Å². The van der Waals surface area contributed by atoms with Gasteiger partial charge in [0.05, 0.1) is 0 Å². The maximum Gasteiger partial charge on any atom is 0.306 e. The predicted octanol–water partition coefficient (Wildman–Crippen LogP) is 25.9. The molecule has 0 fully saturated rings. The van der Waals surface area contributed by atoms with Crippen LogP contribution in [-0.2, 0) is 28.6 Å². The zero-order chi connectivity index (χ0) is 59.9. The molecule has 83 heavy (non-hydrogen) atoms. The van der Waals surface area contributed by atoms with Crippen LogP contribution in [0.4, 0.5) is 0 Å². The Labute approximate surface area is 518 Å². The predicted molar refractivity (Wildman–Crippen MR) is 362 cm³/mol. The summed E-state index contributed by atoms with van der Waals surface area (Å²) in [7, 11) is 0. The largest absolute Gasteiger partial charge is 0.462 e. The molecule has 0 bridgehead atoms. The molecule has 0 heterocycles. The highest BCUT2D eigenvalue weighted by Crippen LogP contribution is 2.19. The minimum absolute atomic E-state index is 0.0708. The van der Waals surface area contributed by atoms with Crippen LogP contribution in [0, 0.1) is 0 Å². The molecule has 488 valence electrons. The zero-order valence-electron chi connectivity index (χ0n) is 56.2. The number of rotatable bonds is 70. The van der Waals surface area contributed by atoms with Crippen LogP contribution in [0.15, 0.2) is 36.5 Å². The van der Waals surface area contributed by atoms with Crippen molar-refractivity contribution in [3.63, 3.8) is 0 Å². The van der Waals surface area contributed by atoms with Crippen molar-refractivity contribution in [1.82, 2.24) is 0 Å². The van der Waals surface area contributed by atoms with E-state index in [1.165, 1.54) is 302 Å². The van der Waals surface area contributed by atoms with E-state index in [1.807, 2.05) is 0 Å². The fraction of sp³-hybridized carbons (Fsp3) is 0.883. The molecule has 0 rings (SSSR count). The fourth-order valence-electron chi connectivity index (χ4n) is 11.5. The lowest BCUT2D eigenvalue weighted by molar-refractivity contribution is -0.167. The summed E-state index contributed by atoms with van der Waals surface area (Å²) in [4.78, 5) is 38.5. The third-order valence-corrected chi connectivity index (χ3v) is 17.1. The summed E-state index contributed by atoms with van der Waals surface area (Å²) in [6.45, 7) is 6.70. The molecule has 0 aliphatic rings. The second kappa shape index (κ2) is 72.1. The summed E-state index contributed by atoms with van der Waals surface area (Å²) in [5.74, 6) is -0.852. The maximum atomic E-state index is 13.0. The average Bonchev–Trinajstić information content (AvgIpc) is 3.49. The molecule has 0 aliphatic heterocycles. The van der Waals surface area contributed by atoms with Gasteiger partial charge in [-0.25, -0.2) is 0 Å². The minimum atomic E-state index is -0.776. The van der Waals surface area contributed by atoms with Gasteiger partial charge in [-0.2, -0.15) is 0 Å². The van der Waals surface area contributed by atoms with E-state index in [2.05, 4.69) is 57.2 Å². The van der Waals surface area contributed by atoms with Crippen molar-refractivity contribution >= 4 is 17.9 Å². The summed E-state index contributed by atoms with van der Waals surface area (Å²) in [6.07, 6.45) is 90.5. The average molecular weight is 1170 g/mol. The van der Waals surface area contributed by atoms with E-state index in [-0.39, 0.29) is 31.1 Å². The summed E-state index contributed by atoms with van der Waals surface area (Å²) >= 11 is 0. The van der Waals surface area contributed by atoms with Crippen molar-refractivity contribution in [2.45, 2.75) is 425 Å². The zero-order valence-corrected chi connectivity index (χ0v) is 56.2. The lowest BCUT2D eigenvalue weighted by Gasteiger charge is -2.18. The second-order valence-electron chi connectivity index (χ2n) is 25.6. The molecule has 1 unspecified atom stereocenters. The quantitative estimate of drug-likeness (QED) is 0.0261. The SMILES string of the molecule is CCCCCC/C=C\C/C=C\CCCCCCCC(=O)OCC(COC(=O)CCCCCCCCCCCCCCCCCCC/C=C\CCCCCCCCCC)OC(=O)CCCCCCCCCCCCCCCCCCCCCC. The smallest absolute Gasteiger partial charge is 0.306 e. The van der Waals surface area contributed by atoms with Crippen LogP contribution in [0.1, 0.15) is 419 Å². The van der Waals surface area contributed by atoms with Crippen LogP contribution in [0.25, 0.3) is 0 Å². The standard InChI is InChI=1S/C77H144O6/c1-4-7-10-13-16-19-22-25-28-31-33-35-36-37-38-39-40-41-42-43-45-46-49-52-55-58-61-64-67-70-76(79)82-73-74(72-81-75(78)69-66-63-60-57-54-51-48-30-27-24-21-18-15-12-9-6-3)83-77(80)71-68-65-62-59-56-53-50-47-44-34-32-29-26-23-20-17-14-11-8-5-2/h21,24,30-31,33,48,74H,4-20,22-23,25-29,32,34-47,49-73H2,1-3H3/b24-21-,33-31-,48-30-. The minimum Gasteiger partial charge on any atom is -0.462 e. The van der Waals surface area contributed by atoms with E-state index >= 15 is 0 Å². The van der Waals surface area contributed by atoms with Gasteiger partial charge in [0.2, 0.25) is 0 Å². The second-order valence-corrected chi connectivity index (χ2v) is 25.6. The first-order valence-corrected chi connectivity index (χ1v) is 37.5. The van der Waals surface area contributed by atoms with Crippen molar-refractivity contribution < 1.29 is 28.6 Å². The molecular weight excluding hydrogens is 1020 g/mol. The normalized spacial score (nSPS) is 12.2. The fourth-order valence-corrected chi connectivity index (χ4v) is 11.5. The van der Waals surface area contributed by atoms with E-state index in [1.54, 1.807) is 0 Å². The van der Waals surface area contributed by atoms with E-state index in [0.717, 1.165) is 77.0 Å². The van der Waals surface area contributed by atoms with Gasteiger partial charge in [0, 0.05) is 19.3 Å². The summed E-state index contributed by atoms with van der Waals surface area (Å²) in [5.41, 5.74) is 0. The topological polar surface area (TPSA) is 78.9 Å². The molecule has 0 spiro atoms. The van der Waals surface area contributed by atoms with E-state index < -0.39 is 6.10 Å². The van der Waals surface area contributed by atoms with Gasteiger partial charge in [0.25, 0.3) is 0 Å². The Morgan fingerprint density at radius 1 is 0.241 bits per heavy atom. The van der Waals surface area contributed by atoms with Crippen molar-refractivity contribution in [2.24, 2.45) is 0 Å². The van der Waals surface area contributed by atoms with Crippen molar-refractivity contribution in [3.05, 3.63) is 36.5 Å². The number of hydrogen-bond donors (Lipinski definition) is 0. The van der Waals surface area contributed by atoms with Gasteiger partial charge in [-0.3, -0.25) is 14.4 Å². The molecule has 6 nitrogen and oxygen atoms in total. The molecular formula is C77H144O6. The summed E-state index contributed by atoms with van der Waals surface area (Å²) in [5, 5.41) is 0. The lowest BCUT2D eigenvalue weighted by atomic mass is 10.0. The van der Waals surface area contributed by atoms with Crippen molar-refractivity contribution in [1.29, 1.82) is 0 Å². The summed E-state index contributed by atoms with van der Waals surface area (Å²) < 4.78 is 17.0. The number of carbonyl (C=O) groups excluding carboxylic acids is 3. The van der Waals surface area contributed by atoms with E-state index in [0.29, 0.717) is 19.3 Å². The number of unbranched alkanes of at least 4 members (excludes halogenated alkanes) is 53. The number of ether oxygens (including phenoxy) is 3. The molecule has 1 atom stereocenters. The number of carbonyl (C=O) groups is 3. The van der Waals surface area contributed by atoms with E-state index in [9.17, 15) is 14.4 Å². The molecule has 6 heteroatoms. The number of hydrogen-bond acceptors (Lipinski definition) is 6. The molecule has 0 aromatic heterocycles. The molecule has 0 aromatic carbocycles. The van der Waals surface area contributed by atoms with Crippen LogP contribution in [0.3, 0.4) is 0 Å². The molecule has 0 amide bonds. The molecule has 0 radical (unpaired) electrons. The summed E-state index contributed by atoms with van der Waals surface area (Å²) in [6, 6.07) is 0. The van der Waals surface area contributed by atoms with Crippen LogP contribution < -0.4 is 0 Å². The Hall–Kier alpha value is -2.37. The first kappa shape index (κ1) is 80.6. The lowest BCUT2D eigenvalue weighted by Crippen LogP contribution is -2.30. The van der Waals surface area contributed by atoms with Gasteiger partial charge < -0.3 is 14.2 Å². The first-order chi connectivity index (χ1) is 41.0. The van der Waals surface area contributed by atoms with Crippen LogP contribution in [0.2, 0.25) is 0 Å². The monoisotopic (exact) mass is 1170 g/mol. The van der Waals surface area contributed by atoms with Crippen LogP contribution in [-0.4, -0.2) is 37.2 Å². The number of allylic oxidation sites excluding steroid dienone is 6. The molecule has 0 N–H and O–H groups in total. The van der Waals surface area contributed by atoms with Gasteiger partial charge in [-0.05, 0) is 77.0 Å². The van der Waals surface area contributed by atoms with Gasteiger partial charge >= 0.3 is 17.9 Å². The highest BCUT2D eigenvalue weighted by molar-refractivity contribution is 5.71. The Balaban J connectivity index is 4.23. The Morgan fingerprint density at radius 3 is 0.687 bits per heavy atom. The Bertz CT molecular complexity index is 1380. The third kappa shape index (κ3) is 70.3. The van der Waals surface area contributed by atoms with Crippen molar-refractivity contribution in [2.75, 3.05) is 13.2 Å². The number of esters is 3.